The highest BCUT2D eigenvalue weighted by Crippen LogP contribution is 2.43. The highest BCUT2D eigenvalue weighted by Gasteiger charge is 2.19. The van der Waals surface area contributed by atoms with E-state index in [2.05, 4.69) is 27.7 Å². The molecule has 0 atom stereocenters. The molecule has 4 nitrogen and oxygen atoms in total. The molecule has 0 aromatic heterocycles. The van der Waals surface area contributed by atoms with Crippen molar-refractivity contribution in [3.8, 4) is 0 Å². The van der Waals surface area contributed by atoms with Crippen LogP contribution in [0, 0.1) is 11.8 Å². The van der Waals surface area contributed by atoms with Gasteiger partial charge in [0.05, 0.1) is 13.2 Å². The van der Waals surface area contributed by atoms with Gasteiger partial charge in [-0.25, -0.2) is 4.57 Å². The summed E-state index contributed by atoms with van der Waals surface area (Å²) in [6.07, 6.45) is 51.1. The summed E-state index contributed by atoms with van der Waals surface area (Å²) in [4.78, 5) is 9.96. The van der Waals surface area contributed by atoms with E-state index in [9.17, 15) is 9.46 Å². The van der Waals surface area contributed by atoms with E-state index in [0.29, 0.717) is 13.2 Å². The Morgan fingerprint density at radius 1 is 0.314 bits per heavy atom. The number of rotatable bonds is 44. The van der Waals surface area contributed by atoms with Crippen molar-refractivity contribution in [1.82, 2.24) is 0 Å². The van der Waals surface area contributed by atoms with Crippen LogP contribution in [0.25, 0.3) is 0 Å². The van der Waals surface area contributed by atoms with E-state index in [1.54, 1.807) is 0 Å². The molecule has 0 saturated carbocycles. The molecule has 0 aromatic carbocycles. The van der Waals surface area contributed by atoms with Crippen LogP contribution in [0.3, 0.4) is 0 Å². The highest BCUT2D eigenvalue weighted by atomic mass is 31.2. The fraction of sp³-hybridized carbons (Fsp3) is 1.00. The van der Waals surface area contributed by atoms with Gasteiger partial charge in [0, 0.05) is 0 Å². The normalized spacial score (nSPS) is 12.2. The van der Waals surface area contributed by atoms with Crippen molar-refractivity contribution in [2.45, 2.75) is 272 Å². The van der Waals surface area contributed by atoms with Crippen LogP contribution in [0.5, 0.6) is 0 Å². The summed E-state index contributed by atoms with van der Waals surface area (Å²) < 4.78 is 22.6. The summed E-state index contributed by atoms with van der Waals surface area (Å²) in [5.41, 5.74) is 0. The lowest BCUT2D eigenvalue weighted by Gasteiger charge is -2.12. The van der Waals surface area contributed by atoms with E-state index in [-0.39, 0.29) is 0 Å². The van der Waals surface area contributed by atoms with Crippen molar-refractivity contribution in [3.05, 3.63) is 0 Å². The second kappa shape index (κ2) is 41.3. The maximum Gasteiger partial charge on any atom is 0.472 e. The third-order valence-electron chi connectivity index (χ3n) is 10.9. The Labute approximate surface area is 322 Å². The first-order valence-electron chi connectivity index (χ1n) is 23.5. The number of hydrogen-bond donors (Lipinski definition) is 1. The zero-order chi connectivity index (χ0) is 37.4. The van der Waals surface area contributed by atoms with Crippen LogP contribution in [0.2, 0.25) is 0 Å². The Balaban J connectivity index is 3.25. The van der Waals surface area contributed by atoms with Gasteiger partial charge in [0.1, 0.15) is 0 Å². The van der Waals surface area contributed by atoms with Gasteiger partial charge in [-0.2, -0.15) is 0 Å². The Hall–Kier alpha value is 0.110. The molecule has 0 spiro atoms. The molecule has 0 amide bonds. The van der Waals surface area contributed by atoms with Gasteiger partial charge < -0.3 is 4.89 Å². The van der Waals surface area contributed by atoms with Crippen LogP contribution in [0.1, 0.15) is 272 Å². The van der Waals surface area contributed by atoms with E-state index in [1.807, 2.05) is 0 Å². The topological polar surface area (TPSA) is 55.8 Å². The molecular formula is C46H95O4P. The second-order valence-corrected chi connectivity index (χ2v) is 18.7. The van der Waals surface area contributed by atoms with Gasteiger partial charge in [-0.3, -0.25) is 9.05 Å². The smallest absolute Gasteiger partial charge is 0.302 e. The minimum absolute atomic E-state index is 0.324. The Kier molecular flexibility index (Phi) is 41.4. The van der Waals surface area contributed by atoms with Crippen molar-refractivity contribution >= 4 is 7.82 Å². The van der Waals surface area contributed by atoms with Crippen LogP contribution in [-0.2, 0) is 13.6 Å². The van der Waals surface area contributed by atoms with Crippen LogP contribution < -0.4 is 0 Å². The molecule has 0 aliphatic carbocycles. The molecule has 51 heavy (non-hydrogen) atoms. The summed E-state index contributed by atoms with van der Waals surface area (Å²) in [7, 11) is -3.89. The van der Waals surface area contributed by atoms with Crippen molar-refractivity contribution in [1.29, 1.82) is 0 Å². The number of unbranched alkanes of at least 4 members (excludes halogenated alkanes) is 34. The zero-order valence-corrected chi connectivity index (χ0v) is 36.5. The fourth-order valence-electron chi connectivity index (χ4n) is 7.36. The number of hydrogen-bond acceptors (Lipinski definition) is 3. The maximum atomic E-state index is 12.1. The first kappa shape index (κ1) is 51.1. The number of phosphoric acid groups is 1. The lowest BCUT2D eigenvalue weighted by molar-refractivity contribution is 0.145. The summed E-state index contributed by atoms with van der Waals surface area (Å²) in [5, 5.41) is 0. The summed E-state index contributed by atoms with van der Waals surface area (Å²) >= 11 is 0. The minimum Gasteiger partial charge on any atom is -0.302 e. The van der Waals surface area contributed by atoms with E-state index < -0.39 is 7.82 Å². The first-order valence-corrected chi connectivity index (χ1v) is 24.9. The fourth-order valence-corrected chi connectivity index (χ4v) is 8.16. The molecule has 0 radical (unpaired) electrons. The molecule has 0 unspecified atom stereocenters. The van der Waals surface area contributed by atoms with Gasteiger partial charge in [-0.1, -0.05) is 259 Å². The van der Waals surface area contributed by atoms with Gasteiger partial charge in [0.2, 0.25) is 0 Å². The third-order valence-corrected chi connectivity index (χ3v) is 11.9. The largest absolute Gasteiger partial charge is 0.472 e. The summed E-state index contributed by atoms with van der Waals surface area (Å²) in [5.74, 6) is 1.74. The maximum absolute atomic E-state index is 12.1. The molecule has 0 heterocycles. The van der Waals surface area contributed by atoms with Crippen LogP contribution in [-0.4, -0.2) is 18.1 Å². The molecule has 0 fully saturated rings. The predicted octanol–water partition coefficient (Wildman–Crippen LogP) is 17.3. The Bertz CT molecular complexity index is 643. The lowest BCUT2D eigenvalue weighted by atomic mass is 10.0. The van der Waals surface area contributed by atoms with E-state index in [0.717, 1.165) is 37.5 Å². The Morgan fingerprint density at radius 2 is 0.471 bits per heavy atom. The monoisotopic (exact) mass is 743 g/mol. The zero-order valence-electron chi connectivity index (χ0n) is 35.6. The van der Waals surface area contributed by atoms with E-state index in [1.165, 1.54) is 218 Å². The molecule has 0 aliphatic rings. The molecule has 0 aromatic rings. The van der Waals surface area contributed by atoms with E-state index in [4.69, 9.17) is 9.05 Å². The lowest BCUT2D eigenvalue weighted by Crippen LogP contribution is -1.99. The summed E-state index contributed by atoms with van der Waals surface area (Å²) in [6, 6.07) is 0. The average molecular weight is 743 g/mol. The quantitative estimate of drug-likeness (QED) is 0.0499. The van der Waals surface area contributed by atoms with Gasteiger partial charge in [0.25, 0.3) is 0 Å². The van der Waals surface area contributed by atoms with E-state index >= 15 is 0 Å². The third kappa shape index (κ3) is 46.2. The van der Waals surface area contributed by atoms with Crippen molar-refractivity contribution in [2.24, 2.45) is 11.8 Å². The van der Waals surface area contributed by atoms with Crippen LogP contribution >= 0.6 is 7.82 Å². The van der Waals surface area contributed by atoms with Gasteiger partial charge in [-0.05, 0) is 24.7 Å². The number of phosphoric ester groups is 1. The molecular weight excluding hydrogens is 647 g/mol. The SMILES string of the molecule is CC(C)CCCCCCCCCCCCCCCCCCCCOP(=O)(O)OCCCCCCCCCCCCCCCCCCCCC(C)C. The molecule has 0 saturated heterocycles. The van der Waals surface area contributed by atoms with Crippen LogP contribution in [0.4, 0.5) is 0 Å². The molecule has 308 valence electrons. The molecule has 0 bridgehead atoms. The predicted molar refractivity (Wildman–Crippen MR) is 227 cm³/mol. The van der Waals surface area contributed by atoms with Crippen molar-refractivity contribution in [3.63, 3.8) is 0 Å². The standard InChI is InChI=1S/C46H95O4P/c1-45(2)41-37-33-29-25-21-17-13-9-5-7-11-15-19-23-27-31-35-39-43-49-51(47,48)50-44-40-36-32-28-24-20-16-12-8-6-10-14-18-22-26-30-34-38-42-46(3)4/h45-46H,5-44H2,1-4H3,(H,47,48). The first-order chi connectivity index (χ1) is 24.8. The van der Waals surface area contributed by atoms with Gasteiger partial charge >= 0.3 is 7.82 Å². The highest BCUT2D eigenvalue weighted by molar-refractivity contribution is 7.47. The molecule has 0 rings (SSSR count). The Morgan fingerprint density at radius 3 is 0.647 bits per heavy atom. The van der Waals surface area contributed by atoms with Crippen molar-refractivity contribution in [2.75, 3.05) is 13.2 Å². The molecule has 1 N–H and O–H groups in total. The van der Waals surface area contributed by atoms with Gasteiger partial charge in [0.15, 0.2) is 0 Å². The average Bonchev–Trinajstić information content (AvgIpc) is 3.09. The van der Waals surface area contributed by atoms with Crippen molar-refractivity contribution < 1.29 is 18.5 Å². The van der Waals surface area contributed by atoms with Gasteiger partial charge in [-0.15, -0.1) is 0 Å². The second-order valence-electron chi connectivity index (χ2n) is 17.2. The minimum atomic E-state index is -3.89. The van der Waals surface area contributed by atoms with Crippen LogP contribution in [0.15, 0.2) is 0 Å². The molecule has 5 heteroatoms. The summed E-state index contributed by atoms with van der Waals surface area (Å²) in [6.45, 7) is 9.98. The molecule has 0 aliphatic heterocycles.